The van der Waals surface area contributed by atoms with Gasteiger partial charge in [-0.15, -0.1) is 0 Å². The van der Waals surface area contributed by atoms with Crippen LogP contribution in [0.15, 0.2) is 5.18 Å². The van der Waals surface area contributed by atoms with Crippen molar-refractivity contribution in [3.8, 4) is 0 Å². The van der Waals surface area contributed by atoms with Gasteiger partial charge in [0, 0.05) is 6.42 Å². The highest BCUT2D eigenvalue weighted by atomic mass is 16.7. The molecule has 1 aliphatic heterocycles. The van der Waals surface area contributed by atoms with Gasteiger partial charge in [0.15, 0.2) is 5.79 Å². The van der Waals surface area contributed by atoms with Crippen LogP contribution in [0, 0.1) is 4.91 Å². The van der Waals surface area contributed by atoms with Crippen molar-refractivity contribution in [3.63, 3.8) is 0 Å². The minimum atomic E-state index is -0.712. The van der Waals surface area contributed by atoms with Crippen LogP contribution < -0.4 is 0 Å². The molecule has 1 aliphatic rings. The molecule has 0 spiro atoms. The topological polar surface area (TPSA) is 47.9 Å². The average Bonchev–Trinajstić information content (AvgIpc) is 2.34. The van der Waals surface area contributed by atoms with E-state index in [4.69, 9.17) is 9.47 Å². The van der Waals surface area contributed by atoms with Crippen molar-refractivity contribution >= 4 is 0 Å². The lowest BCUT2D eigenvalue weighted by molar-refractivity contribution is -0.162. The fraction of sp³-hybridized carbons (Fsp3) is 1.00. The molecule has 1 rings (SSSR count). The quantitative estimate of drug-likeness (QED) is 0.608. The first kappa shape index (κ1) is 9.61. The van der Waals surface area contributed by atoms with Gasteiger partial charge in [-0.05, 0) is 6.92 Å². The Kier molecular flexibility index (Phi) is 3.17. The standard InChI is InChI=1S/C8H15NO3/c1-3-4-8(6-9-10)11-5-7(2)12-8/h7H,3-6H2,1-2H3. The average molecular weight is 173 g/mol. The van der Waals surface area contributed by atoms with E-state index in [0.29, 0.717) is 6.61 Å². The molecule has 0 aromatic rings. The second-order valence-electron chi connectivity index (χ2n) is 3.19. The van der Waals surface area contributed by atoms with E-state index in [1.54, 1.807) is 0 Å². The van der Waals surface area contributed by atoms with Crippen LogP contribution >= 0.6 is 0 Å². The van der Waals surface area contributed by atoms with Gasteiger partial charge in [0.25, 0.3) is 0 Å². The Balaban J connectivity index is 2.53. The summed E-state index contributed by atoms with van der Waals surface area (Å²) in [6.45, 7) is 4.63. The number of ether oxygens (including phenoxy) is 2. The van der Waals surface area contributed by atoms with Crippen molar-refractivity contribution in [1.29, 1.82) is 0 Å². The molecule has 0 aliphatic carbocycles. The maximum atomic E-state index is 10.1. The molecule has 12 heavy (non-hydrogen) atoms. The zero-order valence-electron chi connectivity index (χ0n) is 7.58. The Morgan fingerprint density at radius 3 is 2.83 bits per heavy atom. The Morgan fingerprint density at radius 1 is 1.67 bits per heavy atom. The highest BCUT2D eigenvalue weighted by molar-refractivity contribution is 4.79. The Labute approximate surface area is 72.2 Å². The van der Waals surface area contributed by atoms with Crippen LogP contribution in [0.25, 0.3) is 0 Å². The third kappa shape index (κ3) is 2.01. The predicted molar refractivity (Wildman–Crippen MR) is 44.8 cm³/mol. The van der Waals surface area contributed by atoms with Crippen LogP contribution in [-0.2, 0) is 9.47 Å². The maximum absolute atomic E-state index is 10.1. The molecule has 0 aromatic heterocycles. The van der Waals surface area contributed by atoms with Crippen molar-refractivity contribution in [3.05, 3.63) is 4.91 Å². The second-order valence-corrected chi connectivity index (χ2v) is 3.19. The van der Waals surface area contributed by atoms with E-state index in [2.05, 4.69) is 5.18 Å². The first-order chi connectivity index (χ1) is 5.72. The smallest absolute Gasteiger partial charge is 0.191 e. The number of hydrogen-bond acceptors (Lipinski definition) is 4. The van der Waals surface area contributed by atoms with E-state index in [9.17, 15) is 4.91 Å². The monoisotopic (exact) mass is 173 g/mol. The first-order valence-electron chi connectivity index (χ1n) is 4.33. The first-order valence-corrected chi connectivity index (χ1v) is 4.33. The highest BCUT2D eigenvalue weighted by Gasteiger charge is 2.39. The van der Waals surface area contributed by atoms with E-state index in [1.807, 2.05) is 13.8 Å². The lowest BCUT2D eigenvalue weighted by Gasteiger charge is -2.23. The van der Waals surface area contributed by atoms with Gasteiger partial charge in [-0.25, -0.2) is 0 Å². The van der Waals surface area contributed by atoms with Gasteiger partial charge in [-0.3, -0.25) is 0 Å². The highest BCUT2D eigenvalue weighted by Crippen LogP contribution is 2.28. The molecular formula is C8H15NO3. The van der Waals surface area contributed by atoms with Crippen LogP contribution in [0.2, 0.25) is 0 Å². The fourth-order valence-corrected chi connectivity index (χ4v) is 1.48. The van der Waals surface area contributed by atoms with Gasteiger partial charge >= 0.3 is 0 Å². The summed E-state index contributed by atoms with van der Waals surface area (Å²) in [5, 5.41) is 2.84. The molecule has 0 saturated carbocycles. The molecule has 2 atom stereocenters. The Bertz CT molecular complexity index is 158. The van der Waals surface area contributed by atoms with Crippen LogP contribution in [-0.4, -0.2) is 25.0 Å². The third-order valence-corrected chi connectivity index (χ3v) is 1.93. The summed E-state index contributed by atoms with van der Waals surface area (Å²) in [6.07, 6.45) is 1.75. The lowest BCUT2D eigenvalue weighted by atomic mass is 10.1. The largest absolute Gasteiger partial charge is 0.345 e. The molecule has 1 heterocycles. The summed E-state index contributed by atoms with van der Waals surface area (Å²) < 4.78 is 10.9. The Morgan fingerprint density at radius 2 is 2.42 bits per heavy atom. The summed E-state index contributed by atoms with van der Waals surface area (Å²) in [5.74, 6) is -0.712. The van der Waals surface area contributed by atoms with Gasteiger partial charge in [0.2, 0.25) is 0 Å². The van der Waals surface area contributed by atoms with E-state index in [0.717, 1.165) is 12.8 Å². The van der Waals surface area contributed by atoms with Gasteiger partial charge in [-0.2, -0.15) is 4.91 Å². The zero-order valence-corrected chi connectivity index (χ0v) is 7.58. The minimum Gasteiger partial charge on any atom is -0.345 e. The van der Waals surface area contributed by atoms with Gasteiger partial charge in [0.05, 0.1) is 12.7 Å². The predicted octanol–water partition coefficient (Wildman–Crippen LogP) is 1.68. The molecule has 0 amide bonds. The summed E-state index contributed by atoms with van der Waals surface area (Å²) in [4.78, 5) is 10.1. The summed E-state index contributed by atoms with van der Waals surface area (Å²) in [7, 11) is 0. The van der Waals surface area contributed by atoms with Gasteiger partial charge in [-0.1, -0.05) is 18.5 Å². The van der Waals surface area contributed by atoms with Crippen molar-refractivity contribution in [1.82, 2.24) is 0 Å². The van der Waals surface area contributed by atoms with Crippen LogP contribution in [0.1, 0.15) is 26.7 Å². The molecule has 70 valence electrons. The lowest BCUT2D eigenvalue weighted by Crippen LogP contribution is -2.34. The van der Waals surface area contributed by atoms with Crippen molar-refractivity contribution in [2.24, 2.45) is 5.18 Å². The zero-order chi connectivity index (χ0) is 9.03. The van der Waals surface area contributed by atoms with Crippen LogP contribution in [0.4, 0.5) is 0 Å². The third-order valence-electron chi connectivity index (χ3n) is 1.93. The number of rotatable bonds is 4. The molecule has 1 saturated heterocycles. The fourth-order valence-electron chi connectivity index (χ4n) is 1.48. The molecule has 4 heteroatoms. The molecule has 0 aromatic carbocycles. The number of nitroso groups, excluding NO2 is 1. The molecule has 2 unspecified atom stereocenters. The number of hydrogen-bond donors (Lipinski definition) is 0. The minimum absolute atomic E-state index is 0.0818. The Hall–Kier alpha value is -0.480. The molecule has 0 radical (unpaired) electrons. The summed E-state index contributed by atoms with van der Waals surface area (Å²) in [6, 6.07) is 0. The molecule has 0 N–H and O–H groups in total. The summed E-state index contributed by atoms with van der Waals surface area (Å²) in [5.41, 5.74) is 0. The van der Waals surface area contributed by atoms with E-state index in [1.165, 1.54) is 0 Å². The molecule has 1 fully saturated rings. The van der Waals surface area contributed by atoms with Gasteiger partial charge in [0.1, 0.15) is 6.54 Å². The van der Waals surface area contributed by atoms with Crippen molar-refractivity contribution in [2.45, 2.75) is 38.6 Å². The van der Waals surface area contributed by atoms with E-state index < -0.39 is 5.79 Å². The van der Waals surface area contributed by atoms with Crippen LogP contribution in [0.3, 0.4) is 0 Å². The molecular weight excluding hydrogens is 158 g/mol. The SMILES string of the molecule is CCCC1(CN=O)OCC(C)O1. The van der Waals surface area contributed by atoms with E-state index >= 15 is 0 Å². The molecule has 4 nitrogen and oxygen atoms in total. The van der Waals surface area contributed by atoms with Gasteiger partial charge < -0.3 is 9.47 Å². The van der Waals surface area contributed by atoms with Crippen molar-refractivity contribution in [2.75, 3.05) is 13.2 Å². The van der Waals surface area contributed by atoms with E-state index in [-0.39, 0.29) is 12.6 Å². The second kappa shape index (κ2) is 3.96. The number of nitrogens with zero attached hydrogens (tertiary/aromatic N) is 1. The maximum Gasteiger partial charge on any atom is 0.191 e. The van der Waals surface area contributed by atoms with Crippen LogP contribution in [0.5, 0.6) is 0 Å². The summed E-state index contributed by atoms with van der Waals surface area (Å²) >= 11 is 0. The van der Waals surface area contributed by atoms with Crippen molar-refractivity contribution < 1.29 is 9.47 Å². The normalized spacial score (nSPS) is 35.3. The molecule has 0 bridgehead atoms.